The van der Waals surface area contributed by atoms with Gasteiger partial charge < -0.3 is 9.64 Å². The number of ether oxygens (including phenoxy) is 1. The fourth-order valence-electron chi connectivity index (χ4n) is 2.05. The van der Waals surface area contributed by atoms with E-state index in [4.69, 9.17) is 4.74 Å². The van der Waals surface area contributed by atoms with E-state index in [9.17, 15) is 9.18 Å². The first-order valence-corrected chi connectivity index (χ1v) is 7.29. The van der Waals surface area contributed by atoms with Crippen LogP contribution < -0.4 is 4.74 Å². The molecule has 0 aliphatic heterocycles. The molecule has 0 bridgehead atoms. The lowest BCUT2D eigenvalue weighted by Crippen LogP contribution is -2.31. The van der Waals surface area contributed by atoms with Gasteiger partial charge in [0.1, 0.15) is 11.6 Å². The second-order valence-corrected chi connectivity index (χ2v) is 5.13. The largest absolute Gasteiger partial charge is 0.484 e. The van der Waals surface area contributed by atoms with Crippen LogP contribution in [0.15, 0.2) is 48.5 Å². The number of rotatable bonds is 6. The molecule has 0 aliphatic rings. The van der Waals surface area contributed by atoms with E-state index in [1.54, 1.807) is 25.2 Å². The highest BCUT2D eigenvalue weighted by atomic mass is 19.1. The Hall–Kier alpha value is -2.36. The van der Waals surface area contributed by atoms with Crippen LogP contribution in [0.1, 0.15) is 18.1 Å². The minimum atomic E-state index is -0.307. The molecule has 0 saturated heterocycles. The molecule has 0 radical (unpaired) electrons. The summed E-state index contributed by atoms with van der Waals surface area (Å²) in [5.74, 6) is 0.158. The van der Waals surface area contributed by atoms with Crippen molar-refractivity contribution in [3.05, 3.63) is 65.5 Å². The van der Waals surface area contributed by atoms with Crippen molar-refractivity contribution in [3.8, 4) is 5.75 Å². The van der Waals surface area contributed by atoms with Gasteiger partial charge in [0.05, 0.1) is 0 Å². The molecule has 0 saturated carbocycles. The summed E-state index contributed by atoms with van der Waals surface area (Å²) < 4.78 is 19.0. The summed E-state index contributed by atoms with van der Waals surface area (Å²) in [5.41, 5.74) is 1.71. The second-order valence-electron chi connectivity index (χ2n) is 5.13. The lowest BCUT2D eigenvalue weighted by atomic mass is 10.2. The van der Waals surface area contributed by atoms with Crippen LogP contribution >= 0.6 is 0 Å². The Morgan fingerprint density at radius 2 is 1.82 bits per heavy atom. The number of nitrogens with zero attached hydrogens (tertiary/aromatic N) is 1. The van der Waals surface area contributed by atoms with Gasteiger partial charge in [-0.05, 0) is 30.2 Å². The summed E-state index contributed by atoms with van der Waals surface area (Å²) in [6.45, 7) is 2.25. The van der Waals surface area contributed by atoms with E-state index in [1.165, 1.54) is 16.5 Å². The first kappa shape index (κ1) is 16.0. The van der Waals surface area contributed by atoms with Crippen LogP contribution in [0.25, 0.3) is 0 Å². The second kappa shape index (κ2) is 7.59. The number of hydrogen-bond donors (Lipinski definition) is 0. The third kappa shape index (κ3) is 4.32. The van der Waals surface area contributed by atoms with Crippen molar-refractivity contribution in [1.29, 1.82) is 0 Å². The Bertz CT molecular complexity index is 625. The van der Waals surface area contributed by atoms with Gasteiger partial charge in [-0.25, -0.2) is 4.39 Å². The summed E-state index contributed by atoms with van der Waals surface area (Å²) >= 11 is 0. The molecule has 0 aliphatic carbocycles. The lowest BCUT2D eigenvalue weighted by molar-refractivity contribution is -0.132. The molecule has 0 atom stereocenters. The molecule has 0 heterocycles. The van der Waals surface area contributed by atoms with Gasteiger partial charge >= 0.3 is 0 Å². The Morgan fingerprint density at radius 3 is 2.45 bits per heavy atom. The van der Waals surface area contributed by atoms with Crippen molar-refractivity contribution >= 4 is 5.91 Å². The lowest BCUT2D eigenvalue weighted by Gasteiger charge is -2.18. The maximum absolute atomic E-state index is 13.6. The van der Waals surface area contributed by atoms with Gasteiger partial charge in [-0.15, -0.1) is 0 Å². The van der Waals surface area contributed by atoms with Gasteiger partial charge in [0.2, 0.25) is 0 Å². The molecule has 2 aromatic rings. The molecule has 0 unspecified atom stereocenters. The van der Waals surface area contributed by atoms with E-state index in [0.29, 0.717) is 11.3 Å². The molecule has 0 N–H and O–H groups in total. The van der Waals surface area contributed by atoms with Crippen molar-refractivity contribution in [3.63, 3.8) is 0 Å². The van der Waals surface area contributed by atoms with E-state index >= 15 is 0 Å². The fourth-order valence-corrected chi connectivity index (χ4v) is 2.05. The zero-order valence-electron chi connectivity index (χ0n) is 12.9. The Morgan fingerprint density at radius 1 is 1.14 bits per heavy atom. The van der Waals surface area contributed by atoms with Gasteiger partial charge in [-0.3, -0.25) is 4.79 Å². The summed E-state index contributed by atoms with van der Waals surface area (Å²) in [7, 11) is 1.64. The summed E-state index contributed by atoms with van der Waals surface area (Å²) in [6, 6.07) is 14.1. The van der Waals surface area contributed by atoms with E-state index in [-0.39, 0.29) is 24.9 Å². The van der Waals surface area contributed by atoms with E-state index < -0.39 is 0 Å². The summed E-state index contributed by atoms with van der Waals surface area (Å²) in [6.07, 6.45) is 0.963. The van der Waals surface area contributed by atoms with Gasteiger partial charge in [0.25, 0.3) is 5.91 Å². The molecule has 2 rings (SSSR count). The highest BCUT2D eigenvalue weighted by molar-refractivity contribution is 5.77. The monoisotopic (exact) mass is 301 g/mol. The predicted octanol–water partition coefficient (Wildman–Crippen LogP) is 3.43. The van der Waals surface area contributed by atoms with Gasteiger partial charge in [-0.1, -0.05) is 37.3 Å². The third-order valence-corrected chi connectivity index (χ3v) is 3.49. The van der Waals surface area contributed by atoms with Crippen molar-refractivity contribution in [2.45, 2.75) is 19.9 Å². The van der Waals surface area contributed by atoms with E-state index in [2.05, 4.69) is 6.92 Å². The molecule has 116 valence electrons. The molecular weight excluding hydrogens is 281 g/mol. The minimum Gasteiger partial charge on any atom is -0.484 e. The number of likely N-dealkylation sites (N-methyl/N-ethyl adjacent to an activating group) is 1. The van der Waals surface area contributed by atoms with E-state index in [1.807, 2.05) is 24.3 Å². The molecule has 0 aromatic heterocycles. The van der Waals surface area contributed by atoms with Gasteiger partial charge in [0, 0.05) is 19.2 Å². The molecule has 0 fully saturated rings. The normalized spacial score (nSPS) is 10.3. The summed E-state index contributed by atoms with van der Waals surface area (Å²) in [5, 5.41) is 0. The Kier molecular flexibility index (Phi) is 5.53. The molecule has 1 amide bonds. The van der Waals surface area contributed by atoms with Crippen LogP contribution in [0.3, 0.4) is 0 Å². The highest BCUT2D eigenvalue weighted by Gasteiger charge is 2.12. The maximum Gasteiger partial charge on any atom is 0.260 e. The van der Waals surface area contributed by atoms with Gasteiger partial charge in [-0.2, -0.15) is 0 Å². The maximum atomic E-state index is 13.6. The average molecular weight is 301 g/mol. The number of hydrogen-bond acceptors (Lipinski definition) is 2. The SMILES string of the molecule is CCc1ccc(OCC(=O)N(C)Cc2ccccc2F)cc1. The Balaban J connectivity index is 1.87. The Labute approximate surface area is 130 Å². The quantitative estimate of drug-likeness (QED) is 0.818. The zero-order valence-corrected chi connectivity index (χ0v) is 12.9. The third-order valence-electron chi connectivity index (χ3n) is 3.49. The molecule has 3 nitrogen and oxygen atoms in total. The number of halogens is 1. The summed E-state index contributed by atoms with van der Waals surface area (Å²) in [4.78, 5) is 13.5. The molecular formula is C18H20FNO2. The van der Waals surface area contributed by atoms with Crippen molar-refractivity contribution in [2.24, 2.45) is 0 Å². The number of benzene rings is 2. The average Bonchev–Trinajstić information content (AvgIpc) is 2.55. The highest BCUT2D eigenvalue weighted by Crippen LogP contribution is 2.13. The number of aryl methyl sites for hydroxylation is 1. The van der Waals surface area contributed by atoms with Crippen LogP contribution in [0.2, 0.25) is 0 Å². The van der Waals surface area contributed by atoms with Crippen molar-refractivity contribution in [2.75, 3.05) is 13.7 Å². The molecule has 22 heavy (non-hydrogen) atoms. The first-order valence-electron chi connectivity index (χ1n) is 7.29. The number of carbonyl (C=O) groups excluding carboxylic acids is 1. The van der Waals surface area contributed by atoms with Crippen molar-refractivity contribution < 1.29 is 13.9 Å². The van der Waals surface area contributed by atoms with Crippen LogP contribution in [-0.4, -0.2) is 24.5 Å². The molecule has 2 aromatic carbocycles. The number of amides is 1. The smallest absolute Gasteiger partial charge is 0.260 e. The standard InChI is InChI=1S/C18H20FNO2/c1-3-14-8-10-16(11-9-14)22-13-18(21)20(2)12-15-6-4-5-7-17(15)19/h4-11H,3,12-13H2,1-2H3. The van der Waals surface area contributed by atoms with Crippen molar-refractivity contribution in [1.82, 2.24) is 4.90 Å². The van der Waals surface area contributed by atoms with Crippen LogP contribution in [0, 0.1) is 5.82 Å². The van der Waals surface area contributed by atoms with Crippen LogP contribution in [0.4, 0.5) is 4.39 Å². The first-order chi connectivity index (χ1) is 10.6. The zero-order chi connectivity index (χ0) is 15.9. The van der Waals surface area contributed by atoms with E-state index in [0.717, 1.165) is 6.42 Å². The minimum absolute atomic E-state index is 0.0591. The molecule has 0 spiro atoms. The van der Waals surface area contributed by atoms with Gasteiger partial charge in [0.15, 0.2) is 6.61 Å². The predicted molar refractivity (Wildman–Crippen MR) is 84.2 cm³/mol. The fraction of sp³-hybridized carbons (Fsp3) is 0.278. The van der Waals surface area contributed by atoms with Crippen LogP contribution in [0.5, 0.6) is 5.75 Å². The van der Waals surface area contributed by atoms with Crippen LogP contribution in [-0.2, 0) is 17.8 Å². The molecule has 4 heteroatoms. The number of carbonyl (C=O) groups is 1. The topological polar surface area (TPSA) is 29.5 Å².